The molecule has 10 heteroatoms. The Morgan fingerprint density at radius 1 is 0.846 bits per heavy atom. The zero-order valence-corrected chi connectivity index (χ0v) is 23.0. The molecule has 0 radical (unpaired) electrons. The molecule has 0 amide bonds. The number of nitrogens with one attached hydrogen (secondary N) is 1. The molecule has 0 aliphatic heterocycles. The van der Waals surface area contributed by atoms with E-state index in [-0.39, 0.29) is 12.4 Å². The van der Waals surface area contributed by atoms with Crippen LogP contribution in [0.25, 0.3) is 0 Å². The number of halogens is 1. The molecule has 1 heterocycles. The van der Waals surface area contributed by atoms with Crippen molar-refractivity contribution in [3.63, 3.8) is 0 Å². The van der Waals surface area contributed by atoms with Crippen LogP contribution in [0.4, 0.5) is 0 Å². The number of imidazole rings is 1. The predicted octanol–water partition coefficient (Wildman–Crippen LogP) is 1.75. The van der Waals surface area contributed by atoms with Crippen LogP contribution in [-0.4, -0.2) is 38.7 Å². The molecule has 0 spiro atoms. The Kier molecular flexibility index (Phi) is 9.73. The highest BCUT2D eigenvalue weighted by Gasteiger charge is 2.50. The van der Waals surface area contributed by atoms with Gasteiger partial charge in [0.05, 0.1) is 6.04 Å². The maximum Gasteiger partial charge on any atom is 0.469 e. The van der Waals surface area contributed by atoms with Crippen molar-refractivity contribution in [2.45, 2.75) is 84.4 Å². The lowest BCUT2D eigenvalue weighted by Crippen LogP contribution is -3.00. The van der Waals surface area contributed by atoms with E-state index in [4.69, 9.17) is 12.3 Å². The number of hydrogen-bond donors (Lipinski definition) is 1. The van der Waals surface area contributed by atoms with E-state index < -0.39 is 33.8 Å². The predicted molar refractivity (Wildman–Crippen MR) is 114 cm³/mol. The first-order chi connectivity index (χ1) is 11.1. The Labute approximate surface area is 171 Å². The molecule has 5 nitrogen and oxygen atoms in total. The van der Waals surface area contributed by atoms with Crippen molar-refractivity contribution in [2.24, 2.45) is 0 Å². The van der Waals surface area contributed by atoms with Crippen molar-refractivity contribution >= 4 is 33.8 Å². The molecule has 1 atom stereocenters. The minimum atomic E-state index is -2.72. The Bertz CT molecular complexity index is 484. The summed E-state index contributed by atoms with van der Waals surface area (Å²) in [6.45, 7) is 22.4. The third kappa shape index (κ3) is 10.5. The number of hydrogen-bond acceptors (Lipinski definition) is 3. The summed E-state index contributed by atoms with van der Waals surface area (Å²) in [5.74, 6) is 0. The van der Waals surface area contributed by atoms with Crippen LogP contribution in [0.5, 0.6) is 0 Å². The lowest BCUT2D eigenvalue weighted by molar-refractivity contribution is -0.718. The fourth-order valence-electron chi connectivity index (χ4n) is 2.73. The largest absolute Gasteiger partial charge is 1.00 e. The van der Waals surface area contributed by atoms with Gasteiger partial charge in [0.25, 0.3) is 0 Å². The topological polar surface area (TPSA) is 47.4 Å². The zero-order chi connectivity index (χ0) is 19.5. The minimum Gasteiger partial charge on any atom is -1.00 e. The van der Waals surface area contributed by atoms with Gasteiger partial charge >= 0.3 is 8.80 Å². The second kappa shape index (κ2) is 9.64. The van der Waals surface area contributed by atoms with Gasteiger partial charge in [0.2, 0.25) is 6.33 Å². The second-order valence-corrected chi connectivity index (χ2v) is 26.8. The molecule has 1 N–H and O–H groups in total. The summed E-state index contributed by atoms with van der Waals surface area (Å²) >= 11 is 0. The Hall–Kier alpha value is 0.248. The van der Waals surface area contributed by atoms with E-state index in [9.17, 15) is 0 Å². The molecule has 0 aromatic carbocycles. The molecule has 1 aromatic heterocycles. The van der Waals surface area contributed by atoms with E-state index in [1.807, 2.05) is 12.5 Å². The molecule has 0 saturated heterocycles. The van der Waals surface area contributed by atoms with Crippen molar-refractivity contribution in [3.05, 3.63) is 18.7 Å². The lowest BCUT2D eigenvalue weighted by atomic mass is 10.2. The molecular formula is C16H39ClN2O3Si4. The van der Waals surface area contributed by atoms with Gasteiger partial charge in [0.15, 0.2) is 25.0 Å². The molecule has 1 rings (SSSR count). The molecule has 0 fully saturated rings. The van der Waals surface area contributed by atoms with E-state index in [1.165, 1.54) is 0 Å². The number of rotatable bonds is 10. The highest BCUT2D eigenvalue weighted by molar-refractivity contribution is 6.90. The Balaban J connectivity index is 0.00000625. The van der Waals surface area contributed by atoms with Crippen LogP contribution in [0.2, 0.25) is 65.0 Å². The van der Waals surface area contributed by atoms with Crippen molar-refractivity contribution in [1.82, 2.24) is 4.98 Å². The summed E-state index contributed by atoms with van der Waals surface area (Å²) < 4.78 is 22.4. The van der Waals surface area contributed by atoms with Crippen LogP contribution in [0.15, 0.2) is 18.7 Å². The third-order valence-electron chi connectivity index (χ3n) is 3.33. The van der Waals surface area contributed by atoms with Gasteiger partial charge in [-0.2, -0.15) is 0 Å². The van der Waals surface area contributed by atoms with E-state index in [0.717, 1.165) is 12.5 Å². The average Bonchev–Trinajstić information content (AvgIpc) is 2.82. The average molecular weight is 455 g/mol. The molecule has 0 aliphatic carbocycles. The number of nitrogens with zero attached hydrogens (tertiary/aromatic N) is 1. The van der Waals surface area contributed by atoms with Gasteiger partial charge in [0, 0.05) is 6.04 Å². The first kappa shape index (κ1) is 26.2. The summed E-state index contributed by atoms with van der Waals surface area (Å²) in [7, 11) is -8.08. The number of H-pyrrole nitrogens is 1. The molecule has 1 unspecified atom stereocenters. The van der Waals surface area contributed by atoms with Gasteiger partial charge in [-0.15, -0.1) is 0 Å². The zero-order valence-electron chi connectivity index (χ0n) is 18.3. The lowest BCUT2D eigenvalue weighted by Gasteiger charge is -2.43. The van der Waals surface area contributed by atoms with Crippen molar-refractivity contribution in [2.75, 3.05) is 0 Å². The van der Waals surface area contributed by atoms with Crippen molar-refractivity contribution in [3.8, 4) is 0 Å². The summed E-state index contributed by atoms with van der Waals surface area (Å²) in [5.41, 5.74) is 0. The van der Waals surface area contributed by atoms with Crippen LogP contribution < -0.4 is 17.0 Å². The number of aromatic amines is 1. The highest BCUT2D eigenvalue weighted by atomic mass is 35.5. The van der Waals surface area contributed by atoms with Gasteiger partial charge in [0.1, 0.15) is 12.4 Å². The SMILES string of the molecule is CC(CC[Si](O[Si](C)(C)C)(O[Si](C)(C)C)O[Si](C)(C)C)[n+]1cc[nH]c1.[Cl-]. The monoisotopic (exact) mass is 454 g/mol. The van der Waals surface area contributed by atoms with Gasteiger partial charge in [-0.05, 0) is 72.3 Å². The first-order valence-corrected chi connectivity index (χ1v) is 21.4. The molecule has 1 aromatic rings. The second-order valence-electron chi connectivity index (χ2n) is 9.77. The third-order valence-corrected chi connectivity index (χ3v) is 15.3. The first-order valence-electron chi connectivity index (χ1n) is 9.25. The van der Waals surface area contributed by atoms with Crippen molar-refractivity contribution < 1.29 is 29.3 Å². The normalized spacial score (nSPS) is 14.8. The summed E-state index contributed by atoms with van der Waals surface area (Å²) in [5, 5.41) is 0. The maximum atomic E-state index is 6.73. The van der Waals surface area contributed by atoms with E-state index in [0.29, 0.717) is 6.04 Å². The molecule has 0 bridgehead atoms. The summed E-state index contributed by atoms with van der Waals surface area (Å²) in [4.78, 5) is 3.12. The standard InChI is InChI=1S/C16H38N2O3Si4.ClH/c1-16(18-13-12-17-15-18)11-14-25(19-22(2,3)4,20-23(5,6)7)21-24(8,9)10;/h12-13,15-16H,11,14H2,1-10H3;1H. The maximum absolute atomic E-state index is 6.73. The van der Waals surface area contributed by atoms with Gasteiger partial charge in [-0.1, -0.05) is 0 Å². The molecule has 26 heavy (non-hydrogen) atoms. The van der Waals surface area contributed by atoms with E-state index in [2.05, 4.69) is 81.6 Å². The summed E-state index contributed by atoms with van der Waals surface area (Å²) in [6.07, 6.45) is 7.03. The molecule has 0 saturated carbocycles. The fourth-order valence-corrected chi connectivity index (χ4v) is 17.5. The quantitative estimate of drug-likeness (QED) is 0.432. The Morgan fingerprint density at radius 2 is 1.27 bits per heavy atom. The van der Waals surface area contributed by atoms with E-state index >= 15 is 0 Å². The fraction of sp³-hybridized carbons (Fsp3) is 0.812. The summed E-state index contributed by atoms with van der Waals surface area (Å²) in [6, 6.07) is 1.27. The van der Waals surface area contributed by atoms with Crippen LogP contribution >= 0.6 is 0 Å². The van der Waals surface area contributed by atoms with Crippen LogP contribution in [-0.2, 0) is 12.3 Å². The van der Waals surface area contributed by atoms with Crippen molar-refractivity contribution in [1.29, 1.82) is 0 Å². The van der Waals surface area contributed by atoms with Crippen LogP contribution in [0.3, 0.4) is 0 Å². The van der Waals surface area contributed by atoms with Gasteiger partial charge in [-0.25, -0.2) is 4.57 Å². The van der Waals surface area contributed by atoms with Gasteiger partial charge < -0.3 is 24.8 Å². The highest BCUT2D eigenvalue weighted by Crippen LogP contribution is 2.31. The molecule has 154 valence electrons. The van der Waals surface area contributed by atoms with E-state index in [1.54, 1.807) is 0 Å². The molecular weight excluding hydrogens is 416 g/mol. The smallest absolute Gasteiger partial charge is 0.469 e. The minimum absolute atomic E-state index is 0. The molecule has 0 aliphatic rings. The Morgan fingerprint density at radius 3 is 1.58 bits per heavy atom. The number of aromatic nitrogens is 2. The van der Waals surface area contributed by atoms with Crippen LogP contribution in [0, 0.1) is 0 Å². The van der Waals surface area contributed by atoms with Crippen LogP contribution in [0.1, 0.15) is 19.4 Å². The van der Waals surface area contributed by atoms with Gasteiger partial charge in [-0.3, -0.25) is 4.98 Å².